The minimum absolute atomic E-state index is 0.125. The van der Waals surface area contributed by atoms with E-state index >= 15 is 0 Å². The summed E-state index contributed by atoms with van der Waals surface area (Å²) in [6, 6.07) is 5.97. The summed E-state index contributed by atoms with van der Waals surface area (Å²) >= 11 is 0. The Morgan fingerprint density at radius 2 is 1.73 bits per heavy atom. The number of piperidine rings is 1. The predicted octanol–water partition coefficient (Wildman–Crippen LogP) is 3.10. The number of nitrogens with zero attached hydrogens (tertiary/aromatic N) is 4. The van der Waals surface area contributed by atoms with Crippen molar-refractivity contribution in [3.8, 4) is 5.69 Å². The lowest BCUT2D eigenvalue weighted by molar-refractivity contribution is -0.123. The van der Waals surface area contributed by atoms with Crippen molar-refractivity contribution in [3.05, 3.63) is 42.0 Å². The highest BCUT2D eigenvalue weighted by atomic mass is 19.1. The van der Waals surface area contributed by atoms with Gasteiger partial charge in [-0.05, 0) is 55.9 Å². The van der Waals surface area contributed by atoms with E-state index in [1.807, 2.05) is 0 Å². The van der Waals surface area contributed by atoms with E-state index in [9.17, 15) is 14.0 Å². The number of amides is 2. The summed E-state index contributed by atoms with van der Waals surface area (Å²) in [7, 11) is 0. The van der Waals surface area contributed by atoms with Crippen LogP contribution in [0.2, 0.25) is 0 Å². The van der Waals surface area contributed by atoms with E-state index in [0.717, 1.165) is 12.8 Å². The third-order valence-electron chi connectivity index (χ3n) is 6.15. The molecule has 1 N–H and O–H groups in total. The quantitative estimate of drug-likeness (QED) is 0.817. The highest BCUT2D eigenvalue weighted by Gasteiger charge is 2.27. The molecule has 0 atom stereocenters. The monoisotopic (exact) mass is 413 g/mol. The number of carbonyl (C=O) groups excluding carboxylic acids is 2. The molecule has 1 aromatic carbocycles. The van der Waals surface area contributed by atoms with Crippen molar-refractivity contribution in [2.45, 2.75) is 57.4 Å². The van der Waals surface area contributed by atoms with Gasteiger partial charge in [-0.3, -0.25) is 9.59 Å². The van der Waals surface area contributed by atoms with Gasteiger partial charge < -0.3 is 10.2 Å². The van der Waals surface area contributed by atoms with Crippen LogP contribution in [0.1, 0.15) is 61.9 Å². The fraction of sp³-hybridized carbons (Fsp3) is 0.545. The van der Waals surface area contributed by atoms with Crippen LogP contribution in [0.3, 0.4) is 0 Å². The number of likely N-dealkylation sites (tertiary alicyclic amines) is 1. The molecular weight excluding hydrogens is 385 g/mol. The normalized spacial score (nSPS) is 18.4. The molecule has 2 aliphatic rings. The van der Waals surface area contributed by atoms with Gasteiger partial charge in [-0.2, -0.15) is 0 Å². The van der Waals surface area contributed by atoms with Gasteiger partial charge in [-0.1, -0.05) is 24.5 Å². The summed E-state index contributed by atoms with van der Waals surface area (Å²) in [6.07, 6.45) is 9.79. The van der Waals surface area contributed by atoms with Gasteiger partial charge in [0.1, 0.15) is 5.82 Å². The fourth-order valence-corrected chi connectivity index (χ4v) is 4.41. The molecule has 0 radical (unpaired) electrons. The van der Waals surface area contributed by atoms with Crippen LogP contribution in [0.5, 0.6) is 0 Å². The first-order valence-corrected chi connectivity index (χ1v) is 10.9. The van der Waals surface area contributed by atoms with Gasteiger partial charge >= 0.3 is 0 Å². The van der Waals surface area contributed by atoms with Crippen LogP contribution >= 0.6 is 0 Å². The molecule has 7 nitrogen and oxygen atoms in total. The SMILES string of the molecule is O=C(CC1CCCCC1)NC1CCN(C(=O)c2cn(-c3ccc(F)cc3)nn2)CC1. The molecular formula is C22H28FN5O2. The number of carbonyl (C=O) groups is 2. The second-order valence-corrected chi connectivity index (χ2v) is 8.37. The van der Waals surface area contributed by atoms with Crippen molar-refractivity contribution < 1.29 is 14.0 Å². The van der Waals surface area contributed by atoms with Gasteiger partial charge in [0.25, 0.3) is 5.91 Å². The number of hydrogen-bond donors (Lipinski definition) is 1. The van der Waals surface area contributed by atoms with Crippen molar-refractivity contribution in [1.29, 1.82) is 0 Å². The minimum Gasteiger partial charge on any atom is -0.353 e. The first-order chi connectivity index (χ1) is 14.6. The number of rotatable bonds is 5. The maximum Gasteiger partial charge on any atom is 0.276 e. The van der Waals surface area contributed by atoms with Crippen LogP contribution in [0.25, 0.3) is 5.69 Å². The van der Waals surface area contributed by atoms with E-state index in [0.29, 0.717) is 31.1 Å². The largest absolute Gasteiger partial charge is 0.353 e. The zero-order valence-electron chi connectivity index (χ0n) is 17.1. The Morgan fingerprint density at radius 1 is 1.03 bits per heavy atom. The molecule has 1 aliphatic carbocycles. The van der Waals surface area contributed by atoms with E-state index in [1.165, 1.54) is 48.9 Å². The molecule has 2 amide bonds. The van der Waals surface area contributed by atoms with Crippen molar-refractivity contribution in [2.24, 2.45) is 5.92 Å². The number of nitrogens with one attached hydrogen (secondary N) is 1. The van der Waals surface area contributed by atoms with Crippen LogP contribution in [0.15, 0.2) is 30.5 Å². The predicted molar refractivity (Wildman–Crippen MR) is 110 cm³/mol. The second-order valence-electron chi connectivity index (χ2n) is 8.37. The Hall–Kier alpha value is -2.77. The Kier molecular flexibility index (Phi) is 6.40. The van der Waals surface area contributed by atoms with Crippen LogP contribution < -0.4 is 5.32 Å². The smallest absolute Gasteiger partial charge is 0.276 e. The maximum atomic E-state index is 13.1. The van der Waals surface area contributed by atoms with E-state index in [-0.39, 0.29) is 29.4 Å². The van der Waals surface area contributed by atoms with Gasteiger partial charge in [-0.15, -0.1) is 5.10 Å². The molecule has 1 aromatic heterocycles. The summed E-state index contributed by atoms with van der Waals surface area (Å²) in [5, 5.41) is 11.1. The average Bonchev–Trinajstić information content (AvgIpc) is 3.25. The van der Waals surface area contributed by atoms with Crippen molar-refractivity contribution >= 4 is 11.8 Å². The van der Waals surface area contributed by atoms with Crippen LogP contribution in [-0.2, 0) is 4.79 Å². The van der Waals surface area contributed by atoms with Crippen molar-refractivity contribution in [2.75, 3.05) is 13.1 Å². The van der Waals surface area contributed by atoms with E-state index < -0.39 is 0 Å². The molecule has 0 bridgehead atoms. The highest BCUT2D eigenvalue weighted by Crippen LogP contribution is 2.26. The van der Waals surface area contributed by atoms with Crippen LogP contribution in [-0.4, -0.2) is 50.8 Å². The zero-order valence-corrected chi connectivity index (χ0v) is 17.1. The van der Waals surface area contributed by atoms with Crippen molar-refractivity contribution in [1.82, 2.24) is 25.2 Å². The van der Waals surface area contributed by atoms with Gasteiger partial charge in [0.15, 0.2) is 5.69 Å². The highest BCUT2D eigenvalue weighted by molar-refractivity contribution is 5.92. The third-order valence-corrected chi connectivity index (χ3v) is 6.15. The second kappa shape index (κ2) is 9.36. The van der Waals surface area contributed by atoms with E-state index in [4.69, 9.17) is 0 Å². The van der Waals surface area contributed by atoms with Gasteiger partial charge in [-0.25, -0.2) is 9.07 Å². The Bertz CT molecular complexity index is 868. The Labute approximate surface area is 175 Å². The summed E-state index contributed by atoms with van der Waals surface area (Å²) in [5.74, 6) is 0.178. The van der Waals surface area contributed by atoms with E-state index in [2.05, 4.69) is 15.6 Å². The molecule has 0 spiro atoms. The molecule has 2 aromatic rings. The Balaban J connectivity index is 1.26. The number of aromatic nitrogens is 3. The fourth-order valence-electron chi connectivity index (χ4n) is 4.41. The van der Waals surface area contributed by atoms with Crippen molar-refractivity contribution in [3.63, 3.8) is 0 Å². The Morgan fingerprint density at radius 3 is 2.43 bits per heavy atom. The number of hydrogen-bond acceptors (Lipinski definition) is 4. The number of benzene rings is 1. The van der Waals surface area contributed by atoms with Gasteiger partial charge in [0, 0.05) is 25.6 Å². The maximum absolute atomic E-state index is 13.1. The number of halogens is 1. The molecule has 30 heavy (non-hydrogen) atoms. The van der Waals surface area contributed by atoms with Crippen LogP contribution in [0.4, 0.5) is 4.39 Å². The molecule has 0 unspecified atom stereocenters. The molecule has 4 rings (SSSR count). The zero-order chi connectivity index (χ0) is 20.9. The average molecular weight is 413 g/mol. The minimum atomic E-state index is -0.330. The lowest BCUT2D eigenvalue weighted by Gasteiger charge is -2.32. The molecule has 8 heteroatoms. The molecule has 160 valence electrons. The summed E-state index contributed by atoms with van der Waals surface area (Å²) in [4.78, 5) is 26.8. The summed E-state index contributed by atoms with van der Waals surface area (Å²) in [6.45, 7) is 1.16. The third kappa shape index (κ3) is 5.04. The lowest BCUT2D eigenvalue weighted by Crippen LogP contribution is -2.46. The first-order valence-electron chi connectivity index (χ1n) is 10.9. The van der Waals surface area contributed by atoms with Gasteiger partial charge in [0.05, 0.1) is 11.9 Å². The molecule has 1 saturated carbocycles. The lowest BCUT2D eigenvalue weighted by atomic mass is 9.86. The molecule has 2 fully saturated rings. The van der Waals surface area contributed by atoms with Gasteiger partial charge in [0.2, 0.25) is 5.91 Å². The molecule has 1 saturated heterocycles. The molecule has 2 heterocycles. The summed E-state index contributed by atoms with van der Waals surface area (Å²) in [5.41, 5.74) is 0.904. The first kappa shape index (κ1) is 20.5. The topological polar surface area (TPSA) is 80.1 Å². The van der Waals surface area contributed by atoms with E-state index in [1.54, 1.807) is 23.2 Å². The standard InChI is InChI=1S/C22H28FN5O2/c23-17-6-8-19(9-7-17)28-15-20(25-26-28)22(30)27-12-10-18(11-13-27)24-21(29)14-16-4-2-1-3-5-16/h6-9,15-16,18H,1-5,10-14H2,(H,24,29). The summed E-state index contributed by atoms with van der Waals surface area (Å²) < 4.78 is 14.5. The van der Waals surface area contributed by atoms with Crippen LogP contribution in [0, 0.1) is 11.7 Å². The molecule has 1 aliphatic heterocycles.